The number of rotatable bonds is 1. The van der Waals surface area contributed by atoms with Crippen LogP contribution in [-0.2, 0) is 0 Å². The van der Waals surface area contributed by atoms with E-state index >= 15 is 0 Å². The normalized spacial score (nSPS) is 15.7. The molecule has 0 fully saturated rings. The fraction of sp³-hybridized carbons (Fsp3) is 0.300. The van der Waals surface area contributed by atoms with Gasteiger partial charge in [0.25, 0.3) is 0 Å². The molecule has 0 radical (unpaired) electrons. The van der Waals surface area contributed by atoms with E-state index in [0.29, 0.717) is 5.96 Å². The molecule has 1 aliphatic rings. The number of halogens is 1. The summed E-state index contributed by atoms with van der Waals surface area (Å²) in [5.41, 5.74) is 6.92. The van der Waals surface area contributed by atoms with Crippen LogP contribution < -0.4 is 10.6 Å². The van der Waals surface area contributed by atoms with E-state index in [4.69, 9.17) is 5.73 Å². The van der Waals surface area contributed by atoms with Gasteiger partial charge in [-0.1, -0.05) is 18.2 Å². The summed E-state index contributed by atoms with van der Waals surface area (Å²) in [4.78, 5) is 6.25. The van der Waals surface area contributed by atoms with Gasteiger partial charge in [-0.05, 0) is 18.6 Å². The molecule has 0 amide bonds. The van der Waals surface area contributed by atoms with Crippen molar-refractivity contribution in [1.29, 1.82) is 0 Å². The molecular formula is C10H14ClN3. The average Bonchev–Trinajstić information content (AvgIpc) is 2.20. The number of aliphatic imine (C=N–C) groups is 1. The van der Waals surface area contributed by atoms with Gasteiger partial charge in [0.2, 0.25) is 0 Å². The lowest BCUT2D eigenvalue weighted by molar-refractivity contribution is 0.785. The highest BCUT2D eigenvalue weighted by atomic mass is 35.5. The van der Waals surface area contributed by atoms with E-state index in [-0.39, 0.29) is 12.4 Å². The lowest BCUT2D eigenvalue weighted by Crippen LogP contribution is -2.41. The zero-order valence-corrected chi connectivity index (χ0v) is 8.70. The number of hydrogen-bond acceptors (Lipinski definition) is 3. The highest BCUT2D eigenvalue weighted by molar-refractivity contribution is 5.95. The minimum Gasteiger partial charge on any atom is -0.370 e. The van der Waals surface area contributed by atoms with Gasteiger partial charge in [0.1, 0.15) is 0 Å². The van der Waals surface area contributed by atoms with Crippen LogP contribution in [0.3, 0.4) is 0 Å². The third-order valence-corrected chi connectivity index (χ3v) is 2.16. The second-order valence-electron chi connectivity index (χ2n) is 3.08. The quantitative estimate of drug-likeness (QED) is 0.767. The smallest absolute Gasteiger partial charge is 0.195 e. The van der Waals surface area contributed by atoms with Gasteiger partial charge >= 0.3 is 0 Å². The van der Waals surface area contributed by atoms with E-state index in [0.717, 1.165) is 25.2 Å². The van der Waals surface area contributed by atoms with Gasteiger partial charge in [-0.15, -0.1) is 12.4 Å². The minimum absolute atomic E-state index is 0. The highest BCUT2D eigenvalue weighted by Gasteiger charge is 2.12. The number of para-hydroxylation sites is 1. The van der Waals surface area contributed by atoms with Crippen LogP contribution in [-0.4, -0.2) is 19.0 Å². The summed E-state index contributed by atoms with van der Waals surface area (Å²) in [5.74, 6) is 0.637. The lowest BCUT2D eigenvalue weighted by Gasteiger charge is -2.26. The van der Waals surface area contributed by atoms with Gasteiger partial charge in [-0.2, -0.15) is 0 Å². The largest absolute Gasteiger partial charge is 0.370 e. The molecule has 0 saturated carbocycles. The fourth-order valence-electron chi connectivity index (χ4n) is 1.49. The van der Waals surface area contributed by atoms with Crippen molar-refractivity contribution in [3.63, 3.8) is 0 Å². The number of anilines is 1. The monoisotopic (exact) mass is 211 g/mol. The molecule has 0 atom stereocenters. The number of nitrogens with two attached hydrogens (primary N) is 1. The second kappa shape index (κ2) is 4.86. The van der Waals surface area contributed by atoms with Crippen LogP contribution in [0, 0.1) is 0 Å². The maximum atomic E-state index is 5.79. The summed E-state index contributed by atoms with van der Waals surface area (Å²) >= 11 is 0. The summed E-state index contributed by atoms with van der Waals surface area (Å²) in [6.45, 7) is 1.83. The first-order valence-electron chi connectivity index (χ1n) is 4.50. The summed E-state index contributed by atoms with van der Waals surface area (Å²) in [6.07, 6.45) is 1.08. The molecule has 0 unspecified atom stereocenters. The first kappa shape index (κ1) is 10.9. The molecule has 76 valence electrons. The maximum Gasteiger partial charge on any atom is 0.195 e. The Labute approximate surface area is 90.0 Å². The summed E-state index contributed by atoms with van der Waals surface area (Å²) < 4.78 is 0. The molecule has 1 aliphatic heterocycles. The molecule has 2 rings (SSSR count). The molecule has 0 saturated heterocycles. The molecular weight excluding hydrogens is 198 g/mol. The van der Waals surface area contributed by atoms with Crippen molar-refractivity contribution >= 4 is 24.1 Å². The van der Waals surface area contributed by atoms with Crippen LogP contribution in [0.1, 0.15) is 6.42 Å². The molecule has 14 heavy (non-hydrogen) atoms. The zero-order valence-electron chi connectivity index (χ0n) is 7.89. The van der Waals surface area contributed by atoms with Crippen molar-refractivity contribution in [3.8, 4) is 0 Å². The van der Waals surface area contributed by atoms with Crippen molar-refractivity contribution in [3.05, 3.63) is 30.3 Å². The minimum atomic E-state index is 0. The second-order valence-corrected chi connectivity index (χ2v) is 3.08. The SMILES string of the molecule is Cl.NC1=NCCCN1c1ccccc1. The predicted molar refractivity (Wildman–Crippen MR) is 62.1 cm³/mol. The first-order chi connectivity index (χ1) is 6.38. The fourth-order valence-corrected chi connectivity index (χ4v) is 1.49. The van der Waals surface area contributed by atoms with Crippen molar-refractivity contribution < 1.29 is 0 Å². The maximum absolute atomic E-state index is 5.79. The van der Waals surface area contributed by atoms with Crippen LogP contribution in [0.4, 0.5) is 5.69 Å². The van der Waals surface area contributed by atoms with Gasteiger partial charge in [0, 0.05) is 18.8 Å². The highest BCUT2D eigenvalue weighted by Crippen LogP contribution is 2.15. The molecule has 1 aromatic carbocycles. The van der Waals surface area contributed by atoms with Gasteiger partial charge in [0.05, 0.1) is 0 Å². The Bertz CT molecular complexity index is 310. The van der Waals surface area contributed by atoms with E-state index in [2.05, 4.69) is 4.99 Å². The van der Waals surface area contributed by atoms with Gasteiger partial charge in [-0.25, -0.2) is 0 Å². The molecule has 4 heteroatoms. The molecule has 1 aromatic rings. The topological polar surface area (TPSA) is 41.6 Å². The molecule has 0 aliphatic carbocycles. The van der Waals surface area contributed by atoms with Crippen LogP contribution in [0.25, 0.3) is 0 Å². The number of hydrogen-bond donors (Lipinski definition) is 1. The Hall–Kier alpha value is -1.22. The Morgan fingerprint density at radius 2 is 1.93 bits per heavy atom. The van der Waals surface area contributed by atoms with E-state index in [1.807, 2.05) is 35.2 Å². The van der Waals surface area contributed by atoms with Gasteiger partial charge < -0.3 is 10.6 Å². The number of guanidine groups is 1. The van der Waals surface area contributed by atoms with Crippen molar-refractivity contribution in [2.75, 3.05) is 18.0 Å². The molecule has 0 aromatic heterocycles. The average molecular weight is 212 g/mol. The Kier molecular flexibility index (Phi) is 3.77. The first-order valence-corrected chi connectivity index (χ1v) is 4.50. The van der Waals surface area contributed by atoms with E-state index in [9.17, 15) is 0 Å². The Morgan fingerprint density at radius 3 is 2.57 bits per heavy atom. The standard InChI is InChI=1S/C10H13N3.ClH/c11-10-12-7-4-8-13(10)9-5-2-1-3-6-9;/h1-3,5-6H,4,7-8H2,(H2,11,12);1H. The predicted octanol–water partition coefficient (Wildman–Crippen LogP) is 1.63. The van der Waals surface area contributed by atoms with Crippen LogP contribution in [0.2, 0.25) is 0 Å². The molecule has 0 bridgehead atoms. The summed E-state index contributed by atoms with van der Waals surface area (Å²) in [5, 5.41) is 0. The van der Waals surface area contributed by atoms with Crippen molar-refractivity contribution in [2.24, 2.45) is 10.7 Å². The number of nitrogens with zero attached hydrogens (tertiary/aromatic N) is 2. The number of benzene rings is 1. The molecule has 0 spiro atoms. The van der Waals surface area contributed by atoms with E-state index in [1.165, 1.54) is 0 Å². The Balaban J connectivity index is 0.000000980. The molecule has 3 nitrogen and oxygen atoms in total. The van der Waals surface area contributed by atoms with Gasteiger partial charge in [0.15, 0.2) is 5.96 Å². The Morgan fingerprint density at radius 1 is 1.21 bits per heavy atom. The molecule has 2 N–H and O–H groups in total. The lowest BCUT2D eigenvalue weighted by atomic mass is 10.2. The summed E-state index contributed by atoms with van der Waals surface area (Å²) in [7, 11) is 0. The van der Waals surface area contributed by atoms with Gasteiger partial charge in [-0.3, -0.25) is 4.99 Å². The summed E-state index contributed by atoms with van der Waals surface area (Å²) in [6, 6.07) is 10.1. The third kappa shape index (κ3) is 2.17. The van der Waals surface area contributed by atoms with E-state index < -0.39 is 0 Å². The molecule has 1 heterocycles. The van der Waals surface area contributed by atoms with E-state index in [1.54, 1.807) is 0 Å². The van der Waals surface area contributed by atoms with Crippen LogP contribution in [0.5, 0.6) is 0 Å². The van der Waals surface area contributed by atoms with Crippen molar-refractivity contribution in [2.45, 2.75) is 6.42 Å². The zero-order chi connectivity index (χ0) is 9.10. The third-order valence-electron chi connectivity index (χ3n) is 2.16. The van der Waals surface area contributed by atoms with Crippen LogP contribution in [0.15, 0.2) is 35.3 Å². The van der Waals surface area contributed by atoms with Crippen LogP contribution >= 0.6 is 12.4 Å². The van der Waals surface area contributed by atoms with Crippen molar-refractivity contribution in [1.82, 2.24) is 0 Å².